The lowest BCUT2D eigenvalue weighted by molar-refractivity contribution is 0.288. The molecule has 0 atom stereocenters. The van der Waals surface area contributed by atoms with Gasteiger partial charge in [0.05, 0.1) is 7.11 Å². The van der Waals surface area contributed by atoms with E-state index in [2.05, 4.69) is 32.4 Å². The molecule has 2 N–H and O–H groups in total. The van der Waals surface area contributed by atoms with Gasteiger partial charge in [-0.3, -0.25) is 4.90 Å². The second-order valence-corrected chi connectivity index (χ2v) is 4.64. The van der Waals surface area contributed by atoms with E-state index in [1.165, 1.54) is 19.2 Å². The summed E-state index contributed by atoms with van der Waals surface area (Å²) in [5.74, 6) is 2.11. The molecule has 0 aromatic carbocycles. The third-order valence-electron chi connectivity index (χ3n) is 3.41. The van der Waals surface area contributed by atoms with E-state index in [0.717, 1.165) is 31.5 Å². The fraction of sp³-hybridized carbons (Fsp3) is 0.692. The maximum Gasteiger partial charge on any atom is 0.204 e. The summed E-state index contributed by atoms with van der Waals surface area (Å²) in [7, 11) is 3.45. The first-order valence-electron chi connectivity index (χ1n) is 6.84. The molecule has 1 aliphatic rings. The van der Waals surface area contributed by atoms with Gasteiger partial charge in [-0.05, 0) is 19.4 Å². The van der Waals surface area contributed by atoms with Gasteiger partial charge in [-0.1, -0.05) is 6.92 Å². The van der Waals surface area contributed by atoms with E-state index < -0.39 is 0 Å². The van der Waals surface area contributed by atoms with Gasteiger partial charge in [0.15, 0.2) is 11.6 Å². The van der Waals surface area contributed by atoms with Gasteiger partial charge in [0.1, 0.15) is 6.33 Å². The van der Waals surface area contributed by atoms with Crippen molar-refractivity contribution in [3.63, 3.8) is 0 Å². The highest BCUT2D eigenvalue weighted by Gasteiger charge is 2.27. The van der Waals surface area contributed by atoms with Crippen LogP contribution in [0.5, 0.6) is 5.75 Å². The van der Waals surface area contributed by atoms with Crippen molar-refractivity contribution < 1.29 is 4.74 Å². The molecule has 0 bridgehead atoms. The predicted octanol–water partition coefficient (Wildman–Crippen LogP) is 1.42. The molecule has 1 aromatic rings. The van der Waals surface area contributed by atoms with Gasteiger partial charge in [0.25, 0.3) is 0 Å². The molecule has 6 nitrogen and oxygen atoms in total. The third kappa shape index (κ3) is 3.47. The second kappa shape index (κ2) is 6.56. The van der Waals surface area contributed by atoms with E-state index >= 15 is 0 Å². The fourth-order valence-electron chi connectivity index (χ4n) is 2.23. The Kier molecular flexibility index (Phi) is 4.79. The van der Waals surface area contributed by atoms with Crippen LogP contribution in [0.25, 0.3) is 0 Å². The Bertz CT molecular complexity index is 408. The highest BCUT2D eigenvalue weighted by Crippen LogP contribution is 2.29. The normalized spacial score (nSPS) is 14.5. The number of nitrogens with zero attached hydrogens (tertiary/aromatic N) is 3. The zero-order valence-corrected chi connectivity index (χ0v) is 11.9. The van der Waals surface area contributed by atoms with Crippen molar-refractivity contribution in [3.05, 3.63) is 6.33 Å². The van der Waals surface area contributed by atoms with E-state index in [-0.39, 0.29) is 0 Å². The van der Waals surface area contributed by atoms with Gasteiger partial charge in [0.2, 0.25) is 5.75 Å². The molecule has 19 heavy (non-hydrogen) atoms. The first-order valence-corrected chi connectivity index (χ1v) is 6.84. The number of hydrogen-bond donors (Lipinski definition) is 2. The van der Waals surface area contributed by atoms with Gasteiger partial charge in [-0.15, -0.1) is 0 Å². The number of hydrogen-bond acceptors (Lipinski definition) is 6. The third-order valence-corrected chi connectivity index (χ3v) is 3.41. The molecule has 0 radical (unpaired) electrons. The summed E-state index contributed by atoms with van der Waals surface area (Å²) < 4.78 is 5.35. The molecule has 0 saturated heterocycles. The van der Waals surface area contributed by atoms with Crippen LogP contribution in [0.3, 0.4) is 0 Å². The van der Waals surface area contributed by atoms with Crippen molar-refractivity contribution >= 4 is 11.6 Å². The molecule has 2 rings (SSSR count). The summed E-state index contributed by atoms with van der Waals surface area (Å²) in [6.45, 7) is 5.21. The summed E-state index contributed by atoms with van der Waals surface area (Å²) >= 11 is 0. The SMILES string of the molecule is CCN(CCNc1ncnc(NC)c1OC)C1CC1. The molecule has 1 fully saturated rings. The molecule has 1 aromatic heterocycles. The lowest BCUT2D eigenvalue weighted by Crippen LogP contribution is -2.31. The summed E-state index contributed by atoms with van der Waals surface area (Å²) in [4.78, 5) is 10.9. The minimum Gasteiger partial charge on any atom is -0.490 e. The Morgan fingerprint density at radius 1 is 1.37 bits per heavy atom. The standard InChI is InChI=1S/C13H23N5O/c1-4-18(10-5-6-10)8-7-15-13-11(19-3)12(14-2)16-9-17-13/h9-10H,4-8H2,1-3H3,(H2,14,15,16,17). The summed E-state index contributed by atoms with van der Waals surface area (Å²) in [5, 5.41) is 6.33. The zero-order chi connectivity index (χ0) is 13.7. The molecule has 0 amide bonds. The van der Waals surface area contributed by atoms with Crippen LogP contribution in [-0.4, -0.2) is 54.7 Å². The quantitative estimate of drug-likeness (QED) is 0.741. The minimum atomic E-state index is 0.666. The number of rotatable bonds is 8. The molecule has 1 aliphatic carbocycles. The molecule has 1 saturated carbocycles. The first kappa shape index (κ1) is 13.9. The minimum absolute atomic E-state index is 0.666. The number of nitrogens with one attached hydrogen (secondary N) is 2. The average Bonchev–Trinajstić information content (AvgIpc) is 3.27. The monoisotopic (exact) mass is 265 g/mol. The lowest BCUT2D eigenvalue weighted by Gasteiger charge is -2.20. The van der Waals surface area contributed by atoms with Crippen molar-refractivity contribution in [1.82, 2.24) is 14.9 Å². The van der Waals surface area contributed by atoms with Crippen LogP contribution in [0.2, 0.25) is 0 Å². The van der Waals surface area contributed by atoms with E-state index in [4.69, 9.17) is 4.74 Å². The number of anilines is 2. The van der Waals surface area contributed by atoms with Gasteiger partial charge in [-0.2, -0.15) is 0 Å². The maximum atomic E-state index is 5.35. The second-order valence-electron chi connectivity index (χ2n) is 4.64. The lowest BCUT2D eigenvalue weighted by atomic mass is 10.4. The number of likely N-dealkylation sites (N-methyl/N-ethyl adjacent to an activating group) is 1. The van der Waals surface area contributed by atoms with Crippen LogP contribution in [-0.2, 0) is 0 Å². The van der Waals surface area contributed by atoms with Crippen molar-refractivity contribution in [1.29, 1.82) is 0 Å². The van der Waals surface area contributed by atoms with Crippen molar-refractivity contribution in [2.45, 2.75) is 25.8 Å². The highest BCUT2D eigenvalue weighted by molar-refractivity contribution is 5.63. The molecule has 1 heterocycles. The Morgan fingerprint density at radius 2 is 2.11 bits per heavy atom. The zero-order valence-electron chi connectivity index (χ0n) is 11.9. The number of ether oxygens (including phenoxy) is 1. The molecule has 6 heteroatoms. The number of aromatic nitrogens is 2. The molecular weight excluding hydrogens is 242 g/mol. The van der Waals surface area contributed by atoms with Gasteiger partial charge >= 0.3 is 0 Å². The topological polar surface area (TPSA) is 62.3 Å². The van der Waals surface area contributed by atoms with E-state index in [1.54, 1.807) is 7.11 Å². The summed E-state index contributed by atoms with van der Waals surface area (Å²) in [5.41, 5.74) is 0. The van der Waals surface area contributed by atoms with Crippen molar-refractivity contribution in [2.24, 2.45) is 0 Å². The van der Waals surface area contributed by atoms with Crippen LogP contribution in [0.4, 0.5) is 11.6 Å². The van der Waals surface area contributed by atoms with Crippen LogP contribution in [0, 0.1) is 0 Å². The Labute approximate surface area is 114 Å². The van der Waals surface area contributed by atoms with Crippen LogP contribution < -0.4 is 15.4 Å². The Hall–Kier alpha value is -1.56. The summed E-state index contributed by atoms with van der Waals surface area (Å²) in [6, 6.07) is 0.798. The average molecular weight is 265 g/mol. The smallest absolute Gasteiger partial charge is 0.204 e. The van der Waals surface area contributed by atoms with Gasteiger partial charge in [0, 0.05) is 26.2 Å². The fourth-order valence-corrected chi connectivity index (χ4v) is 2.23. The molecule has 0 unspecified atom stereocenters. The largest absolute Gasteiger partial charge is 0.490 e. The predicted molar refractivity (Wildman–Crippen MR) is 76.9 cm³/mol. The van der Waals surface area contributed by atoms with E-state index in [1.807, 2.05) is 7.05 Å². The van der Waals surface area contributed by atoms with Crippen LogP contribution >= 0.6 is 0 Å². The molecule has 0 spiro atoms. The molecule has 106 valence electrons. The highest BCUT2D eigenvalue weighted by atomic mass is 16.5. The van der Waals surface area contributed by atoms with Crippen LogP contribution in [0.15, 0.2) is 6.33 Å². The van der Waals surface area contributed by atoms with Gasteiger partial charge in [-0.25, -0.2) is 9.97 Å². The maximum absolute atomic E-state index is 5.35. The Morgan fingerprint density at radius 3 is 2.68 bits per heavy atom. The molecular formula is C13H23N5O. The van der Waals surface area contributed by atoms with E-state index in [9.17, 15) is 0 Å². The Balaban J connectivity index is 1.91. The van der Waals surface area contributed by atoms with Crippen LogP contribution in [0.1, 0.15) is 19.8 Å². The first-order chi connectivity index (χ1) is 9.30. The summed E-state index contributed by atoms with van der Waals surface area (Å²) in [6.07, 6.45) is 4.22. The van der Waals surface area contributed by atoms with Gasteiger partial charge < -0.3 is 15.4 Å². The van der Waals surface area contributed by atoms with E-state index in [0.29, 0.717) is 11.6 Å². The number of methoxy groups -OCH3 is 1. The van der Waals surface area contributed by atoms with Crippen molar-refractivity contribution in [3.8, 4) is 5.75 Å². The molecule has 0 aliphatic heterocycles. The van der Waals surface area contributed by atoms with Crippen molar-refractivity contribution in [2.75, 3.05) is 44.4 Å².